The molecule has 5 heteroatoms. The van der Waals surface area contributed by atoms with E-state index >= 15 is 0 Å². The van der Waals surface area contributed by atoms with Crippen molar-refractivity contribution in [2.24, 2.45) is 0 Å². The van der Waals surface area contributed by atoms with Crippen molar-refractivity contribution in [1.82, 2.24) is 5.32 Å². The lowest BCUT2D eigenvalue weighted by Crippen LogP contribution is -2.60. The minimum Gasteiger partial charge on any atom is -0.485 e. The lowest BCUT2D eigenvalue weighted by atomic mass is 9.85. The average Bonchev–Trinajstić information content (AvgIpc) is 2.36. The molecular weight excluding hydrogens is 252 g/mol. The van der Waals surface area contributed by atoms with Gasteiger partial charge in [0.1, 0.15) is 18.0 Å². The van der Waals surface area contributed by atoms with E-state index in [2.05, 4.69) is 5.32 Å². The van der Waals surface area contributed by atoms with Crippen molar-refractivity contribution in [2.75, 3.05) is 13.7 Å². The van der Waals surface area contributed by atoms with Crippen LogP contribution in [0.3, 0.4) is 0 Å². The lowest BCUT2D eigenvalue weighted by Gasteiger charge is -2.43. The molecule has 1 N–H and O–H groups in total. The maximum Gasteiger partial charge on any atom is 0.167 e. The van der Waals surface area contributed by atoms with Gasteiger partial charge in [-0.05, 0) is 25.6 Å². The molecule has 19 heavy (non-hydrogen) atoms. The van der Waals surface area contributed by atoms with Crippen LogP contribution in [0.1, 0.15) is 19.8 Å². The third-order valence-corrected chi connectivity index (χ3v) is 3.31. The summed E-state index contributed by atoms with van der Waals surface area (Å²) in [4.78, 5) is 0. The Bertz CT molecular complexity index is 428. The molecule has 1 aromatic carbocycles. The fraction of sp³-hybridized carbons (Fsp3) is 0.571. The second kappa shape index (κ2) is 6.30. The fourth-order valence-corrected chi connectivity index (χ4v) is 2.19. The Labute approximate surface area is 111 Å². The van der Waals surface area contributed by atoms with Crippen molar-refractivity contribution >= 4 is 0 Å². The Morgan fingerprint density at radius 2 is 2.16 bits per heavy atom. The molecule has 3 atom stereocenters. The normalized spacial score (nSPS) is 26.0. The van der Waals surface area contributed by atoms with E-state index in [-0.39, 0.29) is 24.0 Å². The number of hydrogen-bond acceptors (Lipinski definition) is 3. The second-order valence-electron chi connectivity index (χ2n) is 4.70. The molecule has 0 heterocycles. The highest BCUT2D eigenvalue weighted by Gasteiger charge is 2.43. The van der Waals surface area contributed by atoms with E-state index in [0.29, 0.717) is 6.61 Å². The van der Waals surface area contributed by atoms with Crippen LogP contribution < -0.4 is 10.1 Å². The molecule has 0 amide bonds. The third-order valence-electron chi connectivity index (χ3n) is 3.31. The first kappa shape index (κ1) is 14.2. The van der Waals surface area contributed by atoms with E-state index in [1.807, 2.05) is 14.0 Å². The van der Waals surface area contributed by atoms with Gasteiger partial charge in [-0.1, -0.05) is 6.92 Å². The Kier molecular flexibility index (Phi) is 4.71. The maximum absolute atomic E-state index is 13.5. The van der Waals surface area contributed by atoms with Crippen LogP contribution in [0.2, 0.25) is 0 Å². The van der Waals surface area contributed by atoms with Crippen LogP contribution in [-0.2, 0) is 4.74 Å². The van der Waals surface area contributed by atoms with Gasteiger partial charge in [-0.15, -0.1) is 0 Å². The first-order valence-corrected chi connectivity index (χ1v) is 6.56. The van der Waals surface area contributed by atoms with Gasteiger partial charge in [0.05, 0.1) is 0 Å². The van der Waals surface area contributed by atoms with Gasteiger partial charge < -0.3 is 14.8 Å². The Hall–Kier alpha value is -1.20. The molecule has 0 radical (unpaired) electrons. The molecule has 0 spiro atoms. The SMILES string of the molecule is CCCOC1C(NC)CC1Oc1ccc(F)cc1F. The minimum atomic E-state index is -0.679. The summed E-state index contributed by atoms with van der Waals surface area (Å²) in [6.07, 6.45) is 1.39. The van der Waals surface area contributed by atoms with Gasteiger partial charge in [0.25, 0.3) is 0 Å². The summed E-state index contributed by atoms with van der Waals surface area (Å²) in [5, 5.41) is 3.14. The molecule has 0 aromatic heterocycles. The van der Waals surface area contributed by atoms with Crippen molar-refractivity contribution in [3.63, 3.8) is 0 Å². The van der Waals surface area contributed by atoms with Gasteiger partial charge in [0.2, 0.25) is 0 Å². The zero-order valence-corrected chi connectivity index (χ0v) is 11.2. The number of ether oxygens (including phenoxy) is 2. The van der Waals surface area contributed by atoms with Crippen molar-refractivity contribution < 1.29 is 18.3 Å². The van der Waals surface area contributed by atoms with Crippen LogP contribution >= 0.6 is 0 Å². The van der Waals surface area contributed by atoms with Crippen molar-refractivity contribution in [3.8, 4) is 5.75 Å². The number of nitrogens with one attached hydrogen (secondary N) is 1. The summed E-state index contributed by atoms with van der Waals surface area (Å²) in [7, 11) is 1.86. The third kappa shape index (κ3) is 3.22. The number of benzene rings is 1. The van der Waals surface area contributed by atoms with Gasteiger partial charge in [-0.2, -0.15) is 0 Å². The molecule has 1 fully saturated rings. The summed E-state index contributed by atoms with van der Waals surface area (Å²) in [6, 6.07) is 3.55. The molecule has 1 aliphatic carbocycles. The van der Waals surface area contributed by atoms with E-state index in [4.69, 9.17) is 9.47 Å². The highest BCUT2D eigenvalue weighted by molar-refractivity contribution is 5.25. The van der Waals surface area contributed by atoms with E-state index in [1.54, 1.807) is 0 Å². The largest absolute Gasteiger partial charge is 0.485 e. The summed E-state index contributed by atoms with van der Waals surface area (Å²) < 4.78 is 37.6. The topological polar surface area (TPSA) is 30.5 Å². The Balaban J connectivity index is 1.98. The van der Waals surface area contributed by atoms with Crippen LogP contribution in [-0.4, -0.2) is 31.9 Å². The number of rotatable bonds is 6. The van der Waals surface area contributed by atoms with E-state index in [9.17, 15) is 8.78 Å². The Morgan fingerprint density at radius 1 is 1.37 bits per heavy atom. The molecule has 0 aliphatic heterocycles. The molecule has 1 aliphatic rings. The average molecular weight is 271 g/mol. The first-order chi connectivity index (χ1) is 9.15. The minimum absolute atomic E-state index is 0.0750. The molecule has 3 nitrogen and oxygen atoms in total. The zero-order chi connectivity index (χ0) is 13.8. The fourth-order valence-electron chi connectivity index (χ4n) is 2.19. The molecular formula is C14H19F2NO2. The summed E-state index contributed by atoms with van der Waals surface area (Å²) in [5.74, 6) is -1.21. The zero-order valence-electron chi connectivity index (χ0n) is 11.2. The first-order valence-electron chi connectivity index (χ1n) is 6.56. The molecule has 1 aromatic rings. The molecule has 3 unspecified atom stereocenters. The maximum atomic E-state index is 13.5. The van der Waals surface area contributed by atoms with E-state index in [1.165, 1.54) is 12.1 Å². The summed E-state index contributed by atoms with van der Waals surface area (Å²) in [6.45, 7) is 2.68. The van der Waals surface area contributed by atoms with Gasteiger partial charge in [0, 0.05) is 25.1 Å². The monoisotopic (exact) mass is 271 g/mol. The van der Waals surface area contributed by atoms with Gasteiger partial charge in [-0.3, -0.25) is 0 Å². The summed E-state index contributed by atoms with van der Waals surface area (Å²) >= 11 is 0. The predicted molar refractivity (Wildman–Crippen MR) is 68.3 cm³/mol. The molecule has 0 saturated heterocycles. The van der Waals surface area contributed by atoms with Crippen LogP contribution in [0.4, 0.5) is 8.78 Å². The molecule has 1 saturated carbocycles. The molecule has 106 valence electrons. The van der Waals surface area contributed by atoms with Crippen molar-refractivity contribution in [3.05, 3.63) is 29.8 Å². The highest BCUT2D eigenvalue weighted by Crippen LogP contribution is 2.30. The predicted octanol–water partition coefficient (Wildman–Crippen LogP) is 2.50. The van der Waals surface area contributed by atoms with Gasteiger partial charge in [0.15, 0.2) is 11.6 Å². The van der Waals surface area contributed by atoms with E-state index < -0.39 is 11.6 Å². The van der Waals surface area contributed by atoms with Gasteiger partial charge in [-0.25, -0.2) is 8.78 Å². The molecule has 2 rings (SSSR count). The van der Waals surface area contributed by atoms with Crippen LogP contribution in [0.5, 0.6) is 5.75 Å². The standard InChI is InChI=1S/C14H19F2NO2/c1-3-6-18-14-11(17-2)8-13(14)19-12-5-4-9(15)7-10(12)16/h4-5,7,11,13-14,17H,3,6,8H2,1-2H3. The van der Waals surface area contributed by atoms with Gasteiger partial charge >= 0.3 is 0 Å². The van der Waals surface area contributed by atoms with Crippen molar-refractivity contribution in [2.45, 2.75) is 38.0 Å². The van der Waals surface area contributed by atoms with Crippen LogP contribution in [0.15, 0.2) is 18.2 Å². The van der Waals surface area contributed by atoms with Crippen LogP contribution in [0.25, 0.3) is 0 Å². The van der Waals surface area contributed by atoms with Crippen LogP contribution in [0, 0.1) is 11.6 Å². The Morgan fingerprint density at radius 3 is 2.79 bits per heavy atom. The van der Waals surface area contributed by atoms with Crippen molar-refractivity contribution in [1.29, 1.82) is 0 Å². The highest BCUT2D eigenvalue weighted by atomic mass is 19.1. The summed E-state index contributed by atoms with van der Waals surface area (Å²) in [5.41, 5.74) is 0. The molecule has 0 bridgehead atoms. The van der Waals surface area contributed by atoms with E-state index in [0.717, 1.165) is 18.9 Å². The second-order valence-corrected chi connectivity index (χ2v) is 4.70. The lowest BCUT2D eigenvalue weighted by molar-refractivity contribution is -0.107. The number of likely N-dealkylation sites (N-methyl/N-ethyl adjacent to an activating group) is 1. The number of hydrogen-bond donors (Lipinski definition) is 1. The smallest absolute Gasteiger partial charge is 0.167 e. The number of halogens is 2. The quantitative estimate of drug-likeness (QED) is 0.862.